The summed E-state index contributed by atoms with van der Waals surface area (Å²) in [5.74, 6) is 1.56. The predicted octanol–water partition coefficient (Wildman–Crippen LogP) is 6.67. The van der Waals surface area contributed by atoms with Crippen LogP contribution in [0.25, 0.3) is 11.0 Å². The van der Waals surface area contributed by atoms with E-state index in [9.17, 15) is 9.59 Å². The molecule has 0 saturated carbocycles. The number of carbonyl (C=O) groups is 1. The fourth-order valence-electron chi connectivity index (χ4n) is 4.91. The number of benzene rings is 3. The first kappa shape index (κ1) is 25.6. The molecule has 6 heteroatoms. The van der Waals surface area contributed by atoms with Gasteiger partial charge >= 0.3 is 0 Å². The molecule has 0 fully saturated rings. The smallest absolute Gasteiger partial charge is 0.291 e. The molecular formula is C32H33NO5. The van der Waals surface area contributed by atoms with E-state index >= 15 is 0 Å². The summed E-state index contributed by atoms with van der Waals surface area (Å²) in [6.07, 6.45) is 0.927. The van der Waals surface area contributed by atoms with Gasteiger partial charge in [0.1, 0.15) is 5.58 Å². The molecule has 1 aliphatic rings. The van der Waals surface area contributed by atoms with Crippen LogP contribution in [-0.4, -0.2) is 24.0 Å². The van der Waals surface area contributed by atoms with E-state index in [0.717, 1.165) is 23.1 Å². The molecule has 3 aromatic carbocycles. The molecule has 1 aliphatic heterocycles. The van der Waals surface area contributed by atoms with Gasteiger partial charge < -0.3 is 18.8 Å². The van der Waals surface area contributed by atoms with E-state index < -0.39 is 6.04 Å². The van der Waals surface area contributed by atoms with Gasteiger partial charge in [-0.25, -0.2) is 0 Å². The predicted molar refractivity (Wildman–Crippen MR) is 148 cm³/mol. The average molecular weight is 512 g/mol. The number of aryl methyl sites for hydroxylation is 1. The molecule has 0 saturated heterocycles. The maximum Gasteiger partial charge on any atom is 0.291 e. The number of carbonyl (C=O) groups excluding carboxylic acids is 1. The van der Waals surface area contributed by atoms with Gasteiger partial charge in [0.05, 0.1) is 30.2 Å². The van der Waals surface area contributed by atoms with Crippen molar-refractivity contribution in [3.05, 3.63) is 105 Å². The highest BCUT2D eigenvalue weighted by molar-refractivity contribution is 5.99. The highest BCUT2D eigenvalue weighted by Gasteiger charge is 2.43. The van der Waals surface area contributed by atoms with Crippen molar-refractivity contribution in [3.8, 4) is 11.5 Å². The van der Waals surface area contributed by atoms with Crippen LogP contribution in [0.3, 0.4) is 0 Å². The van der Waals surface area contributed by atoms with Crippen molar-refractivity contribution in [1.82, 2.24) is 4.90 Å². The average Bonchev–Trinajstić information content (AvgIpc) is 3.17. The molecule has 0 aliphatic carbocycles. The van der Waals surface area contributed by atoms with Gasteiger partial charge in [0, 0.05) is 6.54 Å². The lowest BCUT2D eigenvalue weighted by molar-refractivity contribution is 0.0714. The molecule has 4 aromatic rings. The monoisotopic (exact) mass is 511 g/mol. The van der Waals surface area contributed by atoms with Crippen molar-refractivity contribution in [2.24, 2.45) is 5.92 Å². The number of hydrogen-bond donors (Lipinski definition) is 0. The van der Waals surface area contributed by atoms with Crippen molar-refractivity contribution < 1.29 is 18.7 Å². The zero-order valence-corrected chi connectivity index (χ0v) is 22.3. The second-order valence-electron chi connectivity index (χ2n) is 10.2. The van der Waals surface area contributed by atoms with E-state index in [4.69, 9.17) is 13.9 Å². The van der Waals surface area contributed by atoms with Crippen molar-refractivity contribution in [3.63, 3.8) is 0 Å². The molecule has 0 radical (unpaired) electrons. The molecule has 196 valence electrons. The van der Waals surface area contributed by atoms with Crippen molar-refractivity contribution >= 4 is 16.9 Å². The fraction of sp³-hybridized carbons (Fsp3) is 0.312. The molecule has 6 nitrogen and oxygen atoms in total. The fourth-order valence-corrected chi connectivity index (χ4v) is 4.91. The third-order valence-electron chi connectivity index (χ3n) is 6.85. The van der Waals surface area contributed by atoms with Crippen LogP contribution in [0.15, 0.2) is 75.9 Å². The lowest BCUT2D eigenvalue weighted by Gasteiger charge is -2.26. The molecular weight excluding hydrogens is 478 g/mol. The Hall–Kier alpha value is -4.06. The second kappa shape index (κ2) is 10.7. The number of amides is 1. The summed E-state index contributed by atoms with van der Waals surface area (Å²) in [5, 5.41) is 0.474. The summed E-state index contributed by atoms with van der Waals surface area (Å²) < 4.78 is 18.1. The Morgan fingerprint density at radius 2 is 1.74 bits per heavy atom. The van der Waals surface area contributed by atoms with E-state index in [-0.39, 0.29) is 17.1 Å². The van der Waals surface area contributed by atoms with Crippen LogP contribution in [-0.2, 0) is 6.54 Å². The quantitative estimate of drug-likeness (QED) is 0.251. The second-order valence-corrected chi connectivity index (χ2v) is 10.2. The van der Waals surface area contributed by atoms with Gasteiger partial charge in [0.25, 0.3) is 5.91 Å². The summed E-state index contributed by atoms with van der Waals surface area (Å²) >= 11 is 0. The van der Waals surface area contributed by atoms with Gasteiger partial charge in [-0.2, -0.15) is 0 Å². The normalized spacial score (nSPS) is 14.8. The van der Waals surface area contributed by atoms with Crippen LogP contribution < -0.4 is 14.9 Å². The Kier molecular flexibility index (Phi) is 7.23. The first-order valence-electron chi connectivity index (χ1n) is 13.2. The summed E-state index contributed by atoms with van der Waals surface area (Å²) in [5.41, 5.74) is 3.27. The standard InChI is InChI=1S/C32H33NO5/c1-5-36-27-18-23(12-14-26(27)37-16-15-20(2)3)29-28-30(34)24-17-21(4)11-13-25(24)38-31(28)32(35)33(29)19-22-9-7-6-8-10-22/h6-14,17-18,20,29H,5,15-16,19H2,1-4H3. The van der Waals surface area contributed by atoms with Crippen molar-refractivity contribution in [2.45, 2.75) is 46.7 Å². The van der Waals surface area contributed by atoms with Crippen LogP contribution in [0.4, 0.5) is 0 Å². The molecule has 0 spiro atoms. The number of rotatable bonds is 9. The zero-order valence-electron chi connectivity index (χ0n) is 22.3. The lowest BCUT2D eigenvalue weighted by Crippen LogP contribution is -2.29. The van der Waals surface area contributed by atoms with Crippen LogP contribution in [0.1, 0.15) is 66.0 Å². The van der Waals surface area contributed by atoms with Crippen molar-refractivity contribution in [2.75, 3.05) is 13.2 Å². The summed E-state index contributed by atoms with van der Waals surface area (Å²) in [6.45, 7) is 9.54. The summed E-state index contributed by atoms with van der Waals surface area (Å²) in [7, 11) is 0. The number of ether oxygens (including phenoxy) is 2. The largest absolute Gasteiger partial charge is 0.490 e. The molecule has 5 rings (SSSR count). The van der Waals surface area contributed by atoms with Gasteiger partial charge in [0.15, 0.2) is 16.9 Å². The lowest BCUT2D eigenvalue weighted by atomic mass is 9.97. The Morgan fingerprint density at radius 3 is 2.47 bits per heavy atom. The summed E-state index contributed by atoms with van der Waals surface area (Å²) in [6, 6.07) is 20.3. The van der Waals surface area contributed by atoms with E-state index in [0.29, 0.717) is 53.7 Å². The molecule has 1 unspecified atom stereocenters. The number of hydrogen-bond acceptors (Lipinski definition) is 5. The molecule has 1 amide bonds. The van der Waals surface area contributed by atoms with Gasteiger partial charge in [-0.1, -0.05) is 61.9 Å². The first-order chi connectivity index (χ1) is 18.4. The third-order valence-corrected chi connectivity index (χ3v) is 6.85. The summed E-state index contributed by atoms with van der Waals surface area (Å²) in [4.78, 5) is 29.4. The maximum atomic E-state index is 13.9. The minimum atomic E-state index is -0.622. The molecule has 0 N–H and O–H groups in total. The molecule has 38 heavy (non-hydrogen) atoms. The first-order valence-corrected chi connectivity index (χ1v) is 13.2. The number of fused-ring (bicyclic) bond motifs is 2. The SMILES string of the molecule is CCOc1cc(C2c3c(oc4ccc(C)cc4c3=O)C(=O)N2Cc2ccccc2)ccc1OCCC(C)C. The van der Waals surface area contributed by atoms with E-state index in [1.807, 2.05) is 74.5 Å². The minimum absolute atomic E-state index is 0.0995. The maximum absolute atomic E-state index is 13.9. The Bertz CT molecular complexity index is 1520. The van der Waals surface area contributed by atoms with Gasteiger partial charge in [-0.05, 0) is 61.6 Å². The zero-order chi connectivity index (χ0) is 26.8. The Labute approximate surface area is 222 Å². The minimum Gasteiger partial charge on any atom is -0.490 e. The Balaban J connectivity index is 1.64. The highest BCUT2D eigenvalue weighted by atomic mass is 16.5. The van der Waals surface area contributed by atoms with Gasteiger partial charge in [-0.3, -0.25) is 9.59 Å². The molecule has 0 bridgehead atoms. The van der Waals surface area contributed by atoms with Crippen LogP contribution in [0, 0.1) is 12.8 Å². The van der Waals surface area contributed by atoms with Gasteiger partial charge in [-0.15, -0.1) is 0 Å². The van der Waals surface area contributed by atoms with Gasteiger partial charge in [0.2, 0.25) is 5.76 Å². The van der Waals surface area contributed by atoms with E-state index in [1.54, 1.807) is 11.0 Å². The molecule has 1 aromatic heterocycles. The number of nitrogens with zero attached hydrogens (tertiary/aromatic N) is 1. The van der Waals surface area contributed by atoms with Crippen LogP contribution in [0.5, 0.6) is 11.5 Å². The van der Waals surface area contributed by atoms with Crippen LogP contribution >= 0.6 is 0 Å². The molecule has 2 heterocycles. The topological polar surface area (TPSA) is 69.0 Å². The Morgan fingerprint density at radius 1 is 0.947 bits per heavy atom. The van der Waals surface area contributed by atoms with E-state index in [1.165, 1.54) is 0 Å². The van der Waals surface area contributed by atoms with Crippen molar-refractivity contribution in [1.29, 1.82) is 0 Å². The van der Waals surface area contributed by atoms with Crippen LogP contribution in [0.2, 0.25) is 0 Å². The molecule has 1 atom stereocenters. The third kappa shape index (κ3) is 4.91. The highest BCUT2D eigenvalue weighted by Crippen LogP contribution is 2.42. The van der Waals surface area contributed by atoms with E-state index in [2.05, 4.69) is 13.8 Å².